The molecule has 0 aliphatic carbocycles. The molecule has 1 atom stereocenters. The zero-order valence-corrected chi connectivity index (χ0v) is 11.8. The number of rotatable bonds is 4. The quantitative estimate of drug-likeness (QED) is 0.677. The maximum Gasteiger partial charge on any atom is 0.236 e. The number of imide groups is 1. The van der Waals surface area contributed by atoms with Crippen LogP contribution < -0.4 is 5.32 Å². The summed E-state index contributed by atoms with van der Waals surface area (Å²) in [5.41, 5.74) is 1.31. The van der Waals surface area contributed by atoms with Crippen LogP contribution in [0.3, 0.4) is 0 Å². The van der Waals surface area contributed by atoms with Crippen LogP contribution in [0.2, 0.25) is 0 Å². The van der Waals surface area contributed by atoms with Gasteiger partial charge in [-0.05, 0) is 37.5 Å². The molecule has 1 aromatic rings. The minimum absolute atomic E-state index is 0.191. The van der Waals surface area contributed by atoms with Crippen LogP contribution in [-0.4, -0.2) is 18.4 Å². The van der Waals surface area contributed by atoms with E-state index in [1.54, 1.807) is 6.26 Å². The van der Waals surface area contributed by atoms with Crippen LogP contribution in [0.25, 0.3) is 6.08 Å². The Labute approximate surface area is 118 Å². The van der Waals surface area contributed by atoms with E-state index in [1.165, 1.54) is 0 Å². The number of piperidine rings is 1. The molecule has 0 bridgehead atoms. The molecular formula is C16H19NO3. The van der Waals surface area contributed by atoms with Gasteiger partial charge in [-0.1, -0.05) is 24.3 Å². The lowest BCUT2D eigenvalue weighted by molar-refractivity contribution is -0.137. The van der Waals surface area contributed by atoms with E-state index in [2.05, 4.69) is 5.32 Å². The van der Waals surface area contributed by atoms with Crippen molar-refractivity contribution in [3.63, 3.8) is 0 Å². The van der Waals surface area contributed by atoms with Crippen molar-refractivity contribution in [3.8, 4) is 0 Å². The molecule has 4 heteroatoms. The number of carbonyl (C=O) groups is 2. The smallest absolute Gasteiger partial charge is 0.236 e. The van der Waals surface area contributed by atoms with Crippen LogP contribution in [0.5, 0.6) is 0 Å². The predicted molar refractivity (Wildman–Crippen MR) is 76.8 cm³/mol. The highest BCUT2D eigenvalue weighted by Gasteiger charge is 2.39. The van der Waals surface area contributed by atoms with E-state index in [4.69, 9.17) is 4.74 Å². The van der Waals surface area contributed by atoms with Crippen molar-refractivity contribution in [2.24, 2.45) is 0 Å². The van der Waals surface area contributed by atoms with Crippen molar-refractivity contribution in [2.75, 3.05) is 6.61 Å². The van der Waals surface area contributed by atoms with Gasteiger partial charge >= 0.3 is 0 Å². The minimum Gasteiger partial charge on any atom is -0.501 e. The number of ether oxygens (including phenoxy) is 1. The lowest BCUT2D eigenvalue weighted by atomic mass is 9.75. The van der Waals surface area contributed by atoms with Crippen LogP contribution in [0.4, 0.5) is 0 Å². The van der Waals surface area contributed by atoms with Gasteiger partial charge in [0.15, 0.2) is 0 Å². The Balaban J connectivity index is 2.17. The number of amides is 2. The molecule has 20 heavy (non-hydrogen) atoms. The highest BCUT2D eigenvalue weighted by Crippen LogP contribution is 2.32. The Bertz CT molecular complexity index is 533. The van der Waals surface area contributed by atoms with Crippen molar-refractivity contribution >= 4 is 17.9 Å². The zero-order chi connectivity index (χ0) is 14.6. The van der Waals surface area contributed by atoms with Gasteiger partial charge in [-0.15, -0.1) is 0 Å². The van der Waals surface area contributed by atoms with Crippen molar-refractivity contribution in [1.29, 1.82) is 0 Å². The third-order valence-electron chi connectivity index (χ3n) is 3.68. The summed E-state index contributed by atoms with van der Waals surface area (Å²) in [6.45, 7) is 4.44. The van der Waals surface area contributed by atoms with Gasteiger partial charge in [0.2, 0.25) is 11.8 Å². The standard InChI is InChI=1S/C16H19NO3/c1-3-20-11-9-12-4-6-13(7-5-12)16(2)10-8-14(18)17-15(16)19/h4-7,9,11H,3,8,10H2,1-2H3,(H,17,18,19)/b11-9+. The first-order valence-electron chi connectivity index (χ1n) is 6.79. The third kappa shape index (κ3) is 2.90. The average Bonchev–Trinajstić information content (AvgIpc) is 2.44. The fourth-order valence-electron chi connectivity index (χ4n) is 2.26. The van der Waals surface area contributed by atoms with Crippen molar-refractivity contribution in [1.82, 2.24) is 5.32 Å². The number of carbonyl (C=O) groups excluding carboxylic acids is 2. The molecule has 0 radical (unpaired) electrons. The lowest BCUT2D eigenvalue weighted by Crippen LogP contribution is -2.49. The first-order valence-corrected chi connectivity index (χ1v) is 6.79. The van der Waals surface area contributed by atoms with E-state index in [-0.39, 0.29) is 11.8 Å². The Morgan fingerprint density at radius 1 is 1.30 bits per heavy atom. The number of nitrogens with one attached hydrogen (secondary N) is 1. The normalized spacial score (nSPS) is 22.9. The molecular weight excluding hydrogens is 254 g/mol. The fraction of sp³-hybridized carbons (Fsp3) is 0.375. The second kappa shape index (κ2) is 5.90. The molecule has 106 valence electrons. The maximum absolute atomic E-state index is 12.1. The first-order chi connectivity index (χ1) is 9.56. The van der Waals surface area contributed by atoms with Crippen LogP contribution >= 0.6 is 0 Å². The molecule has 1 fully saturated rings. The summed E-state index contributed by atoms with van der Waals surface area (Å²) in [6.07, 6.45) is 4.46. The number of benzene rings is 1. The molecule has 1 unspecified atom stereocenters. The van der Waals surface area contributed by atoms with Crippen LogP contribution in [0.1, 0.15) is 37.8 Å². The minimum atomic E-state index is -0.629. The number of hydrogen-bond acceptors (Lipinski definition) is 3. The highest BCUT2D eigenvalue weighted by atomic mass is 16.5. The summed E-state index contributed by atoms with van der Waals surface area (Å²) < 4.78 is 5.15. The van der Waals surface area contributed by atoms with E-state index in [0.717, 1.165) is 11.1 Å². The topological polar surface area (TPSA) is 55.4 Å². The van der Waals surface area contributed by atoms with Gasteiger partial charge < -0.3 is 4.74 Å². The summed E-state index contributed by atoms with van der Waals surface area (Å²) in [5.74, 6) is -0.407. The van der Waals surface area contributed by atoms with Gasteiger partial charge in [-0.25, -0.2) is 0 Å². The molecule has 1 saturated heterocycles. The SMILES string of the molecule is CCO/C=C/c1ccc(C2(C)CCC(=O)NC2=O)cc1. The fourth-order valence-corrected chi connectivity index (χ4v) is 2.26. The van der Waals surface area contributed by atoms with Crippen LogP contribution in [0.15, 0.2) is 30.5 Å². The third-order valence-corrected chi connectivity index (χ3v) is 3.68. The van der Waals surface area contributed by atoms with E-state index in [9.17, 15) is 9.59 Å². The molecule has 1 aliphatic heterocycles. The Morgan fingerprint density at radius 2 is 2.00 bits per heavy atom. The predicted octanol–water partition coefficient (Wildman–Crippen LogP) is 2.39. The van der Waals surface area contributed by atoms with E-state index in [0.29, 0.717) is 19.4 Å². The molecule has 0 aromatic heterocycles. The van der Waals surface area contributed by atoms with Crippen LogP contribution in [-0.2, 0) is 19.7 Å². The number of hydrogen-bond donors (Lipinski definition) is 1. The summed E-state index contributed by atoms with van der Waals surface area (Å²) in [4.78, 5) is 23.3. The molecule has 1 N–H and O–H groups in total. The van der Waals surface area contributed by atoms with Crippen molar-refractivity contribution in [3.05, 3.63) is 41.7 Å². The highest BCUT2D eigenvalue weighted by molar-refractivity contribution is 6.03. The van der Waals surface area contributed by atoms with Crippen molar-refractivity contribution in [2.45, 2.75) is 32.1 Å². The largest absolute Gasteiger partial charge is 0.501 e. The lowest BCUT2D eigenvalue weighted by Gasteiger charge is -2.32. The Kier molecular flexibility index (Phi) is 4.23. The Hall–Kier alpha value is -2.10. The van der Waals surface area contributed by atoms with Gasteiger partial charge in [-0.3, -0.25) is 14.9 Å². The van der Waals surface area contributed by atoms with Gasteiger partial charge in [0.1, 0.15) is 0 Å². The molecule has 0 saturated carbocycles. The molecule has 1 aliphatic rings. The summed E-state index contributed by atoms with van der Waals surface area (Å²) in [6, 6.07) is 7.75. The van der Waals surface area contributed by atoms with E-state index < -0.39 is 5.41 Å². The molecule has 1 heterocycles. The summed E-state index contributed by atoms with van der Waals surface area (Å²) >= 11 is 0. The first kappa shape index (κ1) is 14.3. The molecule has 2 rings (SSSR count). The van der Waals surface area contributed by atoms with Crippen molar-refractivity contribution < 1.29 is 14.3 Å². The Morgan fingerprint density at radius 3 is 2.60 bits per heavy atom. The zero-order valence-electron chi connectivity index (χ0n) is 11.8. The van der Waals surface area contributed by atoms with Gasteiger partial charge in [-0.2, -0.15) is 0 Å². The second-order valence-corrected chi connectivity index (χ2v) is 5.09. The molecule has 0 spiro atoms. The second-order valence-electron chi connectivity index (χ2n) is 5.09. The molecule has 1 aromatic carbocycles. The monoisotopic (exact) mass is 273 g/mol. The van der Waals surface area contributed by atoms with Gasteiger partial charge in [0.25, 0.3) is 0 Å². The van der Waals surface area contributed by atoms with E-state index >= 15 is 0 Å². The van der Waals surface area contributed by atoms with Gasteiger partial charge in [0, 0.05) is 6.42 Å². The summed E-state index contributed by atoms with van der Waals surface area (Å²) in [7, 11) is 0. The average molecular weight is 273 g/mol. The molecule has 4 nitrogen and oxygen atoms in total. The van der Waals surface area contributed by atoms with Crippen LogP contribution in [0, 0.1) is 0 Å². The summed E-state index contributed by atoms with van der Waals surface area (Å²) in [5, 5.41) is 2.41. The molecule has 2 amide bonds. The van der Waals surface area contributed by atoms with E-state index in [1.807, 2.05) is 44.2 Å². The maximum atomic E-state index is 12.1. The van der Waals surface area contributed by atoms with Gasteiger partial charge in [0.05, 0.1) is 18.3 Å².